The smallest absolute Gasteiger partial charge is 0.276 e. The van der Waals surface area contributed by atoms with Crippen LogP contribution in [0.1, 0.15) is 21.7 Å². The molecule has 1 aliphatic rings. The highest BCUT2D eigenvalue weighted by Gasteiger charge is 2.25. The first kappa shape index (κ1) is 15.3. The molecular formula is C17H17N7O. The zero-order chi connectivity index (χ0) is 17.2. The molecule has 0 aliphatic carbocycles. The van der Waals surface area contributed by atoms with Crippen molar-refractivity contribution in [1.29, 1.82) is 0 Å². The molecule has 8 heteroatoms. The van der Waals surface area contributed by atoms with Gasteiger partial charge in [0.2, 0.25) is 0 Å². The molecule has 2 aromatic heterocycles. The van der Waals surface area contributed by atoms with Crippen LogP contribution >= 0.6 is 0 Å². The van der Waals surface area contributed by atoms with Crippen molar-refractivity contribution in [3.8, 4) is 5.69 Å². The molecule has 0 unspecified atom stereocenters. The fourth-order valence-electron chi connectivity index (χ4n) is 2.83. The van der Waals surface area contributed by atoms with E-state index < -0.39 is 0 Å². The number of para-hydroxylation sites is 1. The van der Waals surface area contributed by atoms with Crippen LogP contribution in [0.4, 0.5) is 5.82 Å². The molecule has 3 aromatic rings. The van der Waals surface area contributed by atoms with Gasteiger partial charge in [0, 0.05) is 26.6 Å². The number of hydrogen-bond acceptors (Lipinski definition) is 6. The Hall–Kier alpha value is -3.29. The average molecular weight is 335 g/mol. The van der Waals surface area contributed by atoms with Crippen molar-refractivity contribution >= 4 is 11.7 Å². The molecule has 1 aliphatic heterocycles. The second kappa shape index (κ2) is 6.31. The average Bonchev–Trinajstić information content (AvgIpc) is 3.17. The van der Waals surface area contributed by atoms with Crippen molar-refractivity contribution in [1.82, 2.24) is 30.1 Å². The van der Waals surface area contributed by atoms with Crippen molar-refractivity contribution in [2.24, 2.45) is 0 Å². The Bertz CT molecular complexity index is 906. The summed E-state index contributed by atoms with van der Waals surface area (Å²) < 4.78 is 0. The van der Waals surface area contributed by atoms with Crippen LogP contribution in [0.5, 0.6) is 0 Å². The molecular weight excluding hydrogens is 318 g/mol. The highest BCUT2D eigenvalue weighted by molar-refractivity contribution is 5.92. The lowest BCUT2D eigenvalue weighted by Gasteiger charge is -2.27. The minimum Gasteiger partial charge on any atom is -0.372 e. The second-order valence-corrected chi connectivity index (χ2v) is 5.78. The minimum atomic E-state index is -0.129. The quantitative estimate of drug-likeness (QED) is 0.776. The summed E-state index contributed by atoms with van der Waals surface area (Å²) in [5.41, 5.74) is 3.10. The van der Waals surface area contributed by atoms with E-state index in [1.54, 1.807) is 11.9 Å². The summed E-state index contributed by atoms with van der Waals surface area (Å²) in [4.78, 5) is 16.0. The molecule has 1 amide bonds. The fourth-order valence-corrected chi connectivity index (χ4v) is 2.83. The Labute approximate surface area is 144 Å². The van der Waals surface area contributed by atoms with Gasteiger partial charge in [-0.15, -0.1) is 10.2 Å². The van der Waals surface area contributed by atoms with Crippen LogP contribution in [0, 0.1) is 0 Å². The maximum Gasteiger partial charge on any atom is 0.276 e. The van der Waals surface area contributed by atoms with E-state index in [-0.39, 0.29) is 5.91 Å². The lowest BCUT2D eigenvalue weighted by atomic mass is 10.1. The number of carbonyl (C=O) groups excluding carboxylic acids is 1. The van der Waals surface area contributed by atoms with Crippen LogP contribution in [0.2, 0.25) is 0 Å². The van der Waals surface area contributed by atoms with Gasteiger partial charge >= 0.3 is 0 Å². The topological polar surface area (TPSA) is 88.8 Å². The summed E-state index contributed by atoms with van der Waals surface area (Å²) in [5, 5.41) is 19.8. The third-order valence-electron chi connectivity index (χ3n) is 4.18. The minimum absolute atomic E-state index is 0.129. The summed E-state index contributed by atoms with van der Waals surface area (Å²) in [6.07, 6.45) is 2.19. The SMILES string of the molecule is CNc1cc2c(nn1)CCN(C(=O)c1cnn(-c3ccccc3)n1)C2. The van der Waals surface area contributed by atoms with Crippen molar-refractivity contribution in [3.05, 3.63) is 59.5 Å². The molecule has 1 aromatic carbocycles. The van der Waals surface area contributed by atoms with E-state index in [0.717, 1.165) is 16.9 Å². The van der Waals surface area contributed by atoms with E-state index >= 15 is 0 Å². The number of nitrogens with one attached hydrogen (secondary N) is 1. The number of amides is 1. The van der Waals surface area contributed by atoms with Gasteiger partial charge in [-0.2, -0.15) is 15.0 Å². The van der Waals surface area contributed by atoms with Gasteiger partial charge in [0.05, 0.1) is 17.6 Å². The Kier molecular flexibility index (Phi) is 3.85. The normalized spacial score (nSPS) is 13.4. The first-order chi connectivity index (χ1) is 12.2. The molecule has 0 atom stereocenters. The highest BCUT2D eigenvalue weighted by atomic mass is 16.2. The Morgan fingerprint density at radius 2 is 2.04 bits per heavy atom. The van der Waals surface area contributed by atoms with Gasteiger partial charge in [0.25, 0.3) is 5.91 Å². The van der Waals surface area contributed by atoms with E-state index in [0.29, 0.717) is 31.0 Å². The number of nitrogens with zero attached hydrogens (tertiary/aromatic N) is 6. The largest absolute Gasteiger partial charge is 0.372 e. The van der Waals surface area contributed by atoms with Gasteiger partial charge in [-0.05, 0) is 23.8 Å². The summed E-state index contributed by atoms with van der Waals surface area (Å²) in [6.45, 7) is 1.09. The number of carbonyl (C=O) groups is 1. The van der Waals surface area contributed by atoms with Gasteiger partial charge < -0.3 is 10.2 Å². The van der Waals surface area contributed by atoms with E-state index in [2.05, 4.69) is 25.7 Å². The van der Waals surface area contributed by atoms with Gasteiger partial charge in [-0.3, -0.25) is 4.79 Å². The Morgan fingerprint density at radius 1 is 1.20 bits per heavy atom. The lowest BCUT2D eigenvalue weighted by Crippen LogP contribution is -2.36. The second-order valence-electron chi connectivity index (χ2n) is 5.78. The Morgan fingerprint density at radius 3 is 2.84 bits per heavy atom. The van der Waals surface area contributed by atoms with Gasteiger partial charge in [0.15, 0.2) is 5.69 Å². The fraction of sp³-hybridized carbons (Fsp3) is 0.235. The van der Waals surface area contributed by atoms with Crippen molar-refractivity contribution in [2.75, 3.05) is 18.9 Å². The summed E-state index contributed by atoms with van der Waals surface area (Å²) in [6, 6.07) is 11.5. The van der Waals surface area contributed by atoms with Crippen molar-refractivity contribution in [2.45, 2.75) is 13.0 Å². The van der Waals surface area contributed by atoms with Gasteiger partial charge in [-0.25, -0.2) is 0 Å². The summed E-state index contributed by atoms with van der Waals surface area (Å²) in [7, 11) is 1.80. The van der Waals surface area contributed by atoms with Crippen molar-refractivity contribution < 1.29 is 4.79 Å². The van der Waals surface area contributed by atoms with E-state index in [9.17, 15) is 4.79 Å². The molecule has 0 spiro atoms. The number of benzene rings is 1. The predicted octanol–water partition coefficient (Wildman–Crippen LogP) is 1.30. The van der Waals surface area contributed by atoms with E-state index in [1.165, 1.54) is 11.0 Å². The van der Waals surface area contributed by atoms with Crippen LogP contribution in [-0.4, -0.2) is 49.6 Å². The first-order valence-corrected chi connectivity index (χ1v) is 8.05. The van der Waals surface area contributed by atoms with Crippen molar-refractivity contribution in [3.63, 3.8) is 0 Å². The number of aromatic nitrogens is 5. The Balaban J connectivity index is 1.55. The van der Waals surface area contributed by atoms with Gasteiger partial charge in [-0.1, -0.05) is 18.2 Å². The lowest BCUT2D eigenvalue weighted by molar-refractivity contribution is 0.0726. The van der Waals surface area contributed by atoms with Crippen LogP contribution in [0.25, 0.3) is 5.69 Å². The number of fused-ring (bicyclic) bond motifs is 1. The molecule has 0 saturated carbocycles. The predicted molar refractivity (Wildman–Crippen MR) is 91.4 cm³/mol. The molecule has 0 bridgehead atoms. The van der Waals surface area contributed by atoms with Crippen LogP contribution < -0.4 is 5.32 Å². The first-order valence-electron chi connectivity index (χ1n) is 8.05. The molecule has 4 rings (SSSR count). The number of rotatable bonds is 3. The number of anilines is 1. The maximum atomic E-state index is 12.8. The zero-order valence-corrected chi connectivity index (χ0v) is 13.8. The van der Waals surface area contributed by atoms with Crippen LogP contribution in [-0.2, 0) is 13.0 Å². The van der Waals surface area contributed by atoms with Crippen LogP contribution in [0.3, 0.4) is 0 Å². The molecule has 8 nitrogen and oxygen atoms in total. The third-order valence-corrected chi connectivity index (χ3v) is 4.18. The van der Waals surface area contributed by atoms with Gasteiger partial charge in [0.1, 0.15) is 5.82 Å². The molecule has 0 fully saturated rings. The van der Waals surface area contributed by atoms with E-state index in [4.69, 9.17) is 0 Å². The third kappa shape index (κ3) is 2.93. The summed E-state index contributed by atoms with van der Waals surface area (Å²) in [5.74, 6) is 0.568. The molecule has 0 radical (unpaired) electrons. The maximum absolute atomic E-state index is 12.8. The highest BCUT2D eigenvalue weighted by Crippen LogP contribution is 2.20. The standard InChI is InChI=1S/C17H17N7O/c1-18-16-9-12-11-23(8-7-14(12)20-21-16)17(25)15-10-19-24(22-15)13-5-3-2-4-6-13/h2-6,9-10H,7-8,11H2,1H3,(H,18,21). The molecule has 0 saturated heterocycles. The monoisotopic (exact) mass is 335 g/mol. The van der Waals surface area contributed by atoms with E-state index in [1.807, 2.05) is 36.4 Å². The molecule has 1 N–H and O–H groups in total. The molecule has 3 heterocycles. The molecule has 25 heavy (non-hydrogen) atoms. The number of hydrogen-bond donors (Lipinski definition) is 1. The zero-order valence-electron chi connectivity index (χ0n) is 13.8. The molecule has 126 valence electrons. The van der Waals surface area contributed by atoms with Crippen LogP contribution in [0.15, 0.2) is 42.6 Å². The summed E-state index contributed by atoms with van der Waals surface area (Å²) >= 11 is 0.